The van der Waals surface area contributed by atoms with Gasteiger partial charge in [-0.2, -0.15) is 0 Å². The molecule has 0 heterocycles. The minimum atomic E-state index is -0.522. The number of aliphatic hydroxyl groups is 1. The maximum atomic E-state index is 10.8. The van der Waals surface area contributed by atoms with E-state index in [1.54, 1.807) is 7.11 Å². The molecule has 2 heteroatoms. The van der Waals surface area contributed by atoms with Crippen molar-refractivity contribution in [2.45, 2.75) is 82.7 Å². The van der Waals surface area contributed by atoms with Gasteiger partial charge in [-0.05, 0) is 80.4 Å². The summed E-state index contributed by atoms with van der Waals surface area (Å²) < 4.78 is 5.27. The van der Waals surface area contributed by atoms with Crippen LogP contribution in [0.3, 0.4) is 0 Å². The molecule has 0 aromatic heterocycles. The van der Waals surface area contributed by atoms with Crippen LogP contribution in [0, 0.1) is 11.8 Å². The van der Waals surface area contributed by atoms with Crippen molar-refractivity contribution in [1.29, 1.82) is 0 Å². The molecular formula is C24H36O2. The quantitative estimate of drug-likeness (QED) is 0.462. The number of hydrogen-bond acceptors (Lipinski definition) is 2. The van der Waals surface area contributed by atoms with Crippen LogP contribution in [0.15, 0.2) is 36.4 Å². The van der Waals surface area contributed by atoms with Gasteiger partial charge in [0.2, 0.25) is 0 Å². The number of methoxy groups -OCH3 is 1. The van der Waals surface area contributed by atoms with Gasteiger partial charge < -0.3 is 9.84 Å². The zero-order valence-corrected chi connectivity index (χ0v) is 16.6. The third kappa shape index (κ3) is 4.91. The Morgan fingerprint density at radius 2 is 1.77 bits per heavy atom. The van der Waals surface area contributed by atoms with Gasteiger partial charge in [-0.15, -0.1) is 0 Å². The number of ether oxygens (including phenoxy) is 1. The van der Waals surface area contributed by atoms with Gasteiger partial charge in [-0.25, -0.2) is 0 Å². The Bertz CT molecular complexity index is 568. The molecule has 2 unspecified atom stereocenters. The predicted octanol–water partition coefficient (Wildman–Crippen LogP) is 6.25. The van der Waals surface area contributed by atoms with Crippen LogP contribution in [0.2, 0.25) is 0 Å². The minimum absolute atomic E-state index is 0.522. The highest BCUT2D eigenvalue weighted by molar-refractivity contribution is 5.29. The molecule has 0 spiro atoms. The van der Waals surface area contributed by atoms with Crippen molar-refractivity contribution in [3.63, 3.8) is 0 Å². The summed E-state index contributed by atoms with van der Waals surface area (Å²) in [7, 11) is 1.72. The molecule has 0 radical (unpaired) electrons. The van der Waals surface area contributed by atoms with Gasteiger partial charge in [0.25, 0.3) is 0 Å². The minimum Gasteiger partial charge on any atom is -0.497 e. The SMILES string of the molecule is CCCCCC1(O)C=CC([C@H]2CC[C@H](c3ccc(OC)cc3)CC2)CC1. The van der Waals surface area contributed by atoms with Gasteiger partial charge in [0.15, 0.2) is 0 Å². The first-order valence-electron chi connectivity index (χ1n) is 10.7. The second kappa shape index (κ2) is 9.08. The normalized spacial score (nSPS) is 31.7. The molecule has 1 fully saturated rings. The molecule has 0 bridgehead atoms. The topological polar surface area (TPSA) is 29.5 Å². The summed E-state index contributed by atoms with van der Waals surface area (Å²) in [5.74, 6) is 3.14. The van der Waals surface area contributed by atoms with E-state index in [4.69, 9.17) is 4.74 Å². The standard InChI is InChI=1S/C24H36O2/c1-3-4-5-16-24(25)17-14-22(15-18-24)20-8-6-19(7-9-20)21-10-12-23(26-2)13-11-21/h10-14,17,19-20,22,25H,3-9,15-16,18H2,1-2H3/t19-,20-,22?,24?. The molecule has 0 saturated heterocycles. The monoisotopic (exact) mass is 356 g/mol. The molecule has 1 aromatic rings. The molecule has 2 atom stereocenters. The Morgan fingerprint density at radius 1 is 1.04 bits per heavy atom. The van der Waals surface area contributed by atoms with E-state index in [9.17, 15) is 5.11 Å². The highest BCUT2D eigenvalue weighted by Gasteiger charge is 2.33. The zero-order valence-electron chi connectivity index (χ0n) is 16.6. The van der Waals surface area contributed by atoms with Crippen LogP contribution in [-0.2, 0) is 0 Å². The molecule has 2 aliphatic rings. The second-order valence-corrected chi connectivity index (χ2v) is 8.51. The smallest absolute Gasteiger partial charge is 0.118 e. The van der Waals surface area contributed by atoms with Gasteiger partial charge in [-0.1, -0.05) is 50.5 Å². The molecule has 1 saturated carbocycles. The lowest BCUT2D eigenvalue weighted by atomic mass is 9.69. The molecule has 2 nitrogen and oxygen atoms in total. The summed E-state index contributed by atoms with van der Waals surface area (Å²) in [6.45, 7) is 2.22. The van der Waals surface area contributed by atoms with Crippen molar-refractivity contribution in [3.05, 3.63) is 42.0 Å². The van der Waals surface area contributed by atoms with Crippen LogP contribution in [0.4, 0.5) is 0 Å². The number of benzene rings is 1. The summed E-state index contributed by atoms with van der Waals surface area (Å²) in [6.07, 6.45) is 16.4. The van der Waals surface area contributed by atoms with E-state index in [-0.39, 0.29) is 0 Å². The van der Waals surface area contributed by atoms with Crippen molar-refractivity contribution < 1.29 is 9.84 Å². The molecule has 1 N–H and O–H groups in total. The fourth-order valence-corrected chi connectivity index (χ4v) is 4.94. The van der Waals surface area contributed by atoms with E-state index in [0.29, 0.717) is 11.8 Å². The second-order valence-electron chi connectivity index (χ2n) is 8.51. The number of hydrogen-bond donors (Lipinski definition) is 1. The number of allylic oxidation sites excluding steroid dienone is 1. The zero-order chi connectivity index (χ0) is 18.4. The average Bonchev–Trinajstić information content (AvgIpc) is 2.69. The van der Waals surface area contributed by atoms with E-state index in [1.165, 1.54) is 44.1 Å². The van der Waals surface area contributed by atoms with Crippen LogP contribution < -0.4 is 4.74 Å². The van der Waals surface area contributed by atoms with Gasteiger partial charge in [-0.3, -0.25) is 0 Å². The third-order valence-electron chi connectivity index (χ3n) is 6.74. The number of rotatable bonds is 7. The van der Waals surface area contributed by atoms with Crippen molar-refractivity contribution >= 4 is 0 Å². The lowest BCUT2D eigenvalue weighted by Gasteiger charge is -2.37. The maximum Gasteiger partial charge on any atom is 0.118 e. The van der Waals surface area contributed by atoms with Crippen LogP contribution >= 0.6 is 0 Å². The molecule has 1 aromatic carbocycles. The van der Waals surface area contributed by atoms with Crippen LogP contribution in [0.25, 0.3) is 0 Å². The van der Waals surface area contributed by atoms with E-state index >= 15 is 0 Å². The van der Waals surface area contributed by atoms with E-state index in [1.807, 2.05) is 0 Å². The molecule has 144 valence electrons. The highest BCUT2D eigenvalue weighted by Crippen LogP contribution is 2.43. The van der Waals surface area contributed by atoms with Crippen LogP contribution in [-0.4, -0.2) is 17.8 Å². The van der Waals surface area contributed by atoms with Gasteiger partial charge in [0.05, 0.1) is 12.7 Å². The Morgan fingerprint density at radius 3 is 2.35 bits per heavy atom. The summed E-state index contributed by atoms with van der Waals surface area (Å²) in [6, 6.07) is 8.65. The average molecular weight is 357 g/mol. The number of unbranched alkanes of at least 4 members (excludes halogenated alkanes) is 2. The van der Waals surface area contributed by atoms with Crippen LogP contribution in [0.1, 0.15) is 82.6 Å². The summed E-state index contributed by atoms with van der Waals surface area (Å²) >= 11 is 0. The van der Waals surface area contributed by atoms with Gasteiger partial charge in [0.1, 0.15) is 5.75 Å². The largest absolute Gasteiger partial charge is 0.497 e. The molecule has 3 rings (SSSR count). The lowest BCUT2D eigenvalue weighted by Crippen LogP contribution is -2.32. The first-order chi connectivity index (χ1) is 12.6. The third-order valence-corrected chi connectivity index (χ3v) is 6.74. The molecule has 26 heavy (non-hydrogen) atoms. The van der Waals surface area contributed by atoms with Crippen molar-refractivity contribution in [1.82, 2.24) is 0 Å². The van der Waals surface area contributed by atoms with Crippen molar-refractivity contribution in [2.24, 2.45) is 11.8 Å². The molecule has 2 aliphatic carbocycles. The first kappa shape index (κ1) is 19.5. The summed E-state index contributed by atoms with van der Waals surface area (Å²) in [4.78, 5) is 0. The van der Waals surface area contributed by atoms with E-state index < -0.39 is 5.60 Å². The fraction of sp³-hybridized carbons (Fsp3) is 0.667. The maximum absolute atomic E-state index is 10.8. The fourth-order valence-electron chi connectivity index (χ4n) is 4.94. The Labute approximate surface area is 159 Å². The first-order valence-corrected chi connectivity index (χ1v) is 10.7. The van der Waals surface area contributed by atoms with Gasteiger partial charge >= 0.3 is 0 Å². The molecule has 0 aliphatic heterocycles. The Kier molecular flexibility index (Phi) is 6.80. The van der Waals surface area contributed by atoms with Crippen molar-refractivity contribution in [2.75, 3.05) is 7.11 Å². The summed E-state index contributed by atoms with van der Waals surface area (Å²) in [5, 5.41) is 10.8. The highest BCUT2D eigenvalue weighted by atomic mass is 16.5. The molecular weight excluding hydrogens is 320 g/mol. The molecule has 0 amide bonds. The lowest BCUT2D eigenvalue weighted by molar-refractivity contribution is 0.0508. The van der Waals surface area contributed by atoms with Crippen molar-refractivity contribution in [3.8, 4) is 5.75 Å². The van der Waals surface area contributed by atoms with Crippen LogP contribution in [0.5, 0.6) is 5.75 Å². The predicted molar refractivity (Wildman–Crippen MR) is 109 cm³/mol. The van der Waals surface area contributed by atoms with Gasteiger partial charge in [0, 0.05) is 0 Å². The van der Waals surface area contributed by atoms with E-state index in [2.05, 4.69) is 43.3 Å². The Balaban J connectivity index is 1.49. The summed E-state index contributed by atoms with van der Waals surface area (Å²) in [5.41, 5.74) is 0.945. The Hall–Kier alpha value is -1.28. The van der Waals surface area contributed by atoms with E-state index in [0.717, 1.165) is 37.4 Å².